The van der Waals surface area contributed by atoms with Gasteiger partial charge in [0.1, 0.15) is 5.82 Å². The number of nitrogens with zero attached hydrogens (tertiary/aromatic N) is 2. The van der Waals surface area contributed by atoms with E-state index in [0.717, 1.165) is 24.4 Å². The first-order valence-corrected chi connectivity index (χ1v) is 7.63. The highest BCUT2D eigenvalue weighted by atomic mass is 35.5. The molecule has 0 aliphatic carbocycles. The van der Waals surface area contributed by atoms with Gasteiger partial charge in [0.25, 0.3) is 0 Å². The molecule has 0 spiro atoms. The van der Waals surface area contributed by atoms with Crippen LogP contribution < -0.4 is 14.8 Å². The topological polar surface area (TPSA) is 68.5 Å². The first kappa shape index (κ1) is 19.1. The summed E-state index contributed by atoms with van der Waals surface area (Å²) in [6, 6.07) is 3.58. The lowest BCUT2D eigenvalue weighted by Gasteiger charge is -2.30. The number of fused-ring (bicyclic) bond motifs is 1. The van der Waals surface area contributed by atoms with E-state index in [9.17, 15) is 5.11 Å². The highest BCUT2D eigenvalue weighted by molar-refractivity contribution is 6.33. The smallest absolute Gasteiger partial charge is 0.231 e. The Hall–Kier alpha value is -1.18. The quantitative estimate of drug-likeness (QED) is 0.819. The Balaban J connectivity index is 0.00000104. The van der Waals surface area contributed by atoms with Gasteiger partial charge in [-0.2, -0.15) is 0 Å². The van der Waals surface area contributed by atoms with E-state index < -0.39 is 6.10 Å². The number of aliphatic hydroxyl groups excluding tert-OH is 1. The van der Waals surface area contributed by atoms with Gasteiger partial charge in [-0.3, -0.25) is 0 Å². The monoisotopic (exact) mass is 393 g/mol. The van der Waals surface area contributed by atoms with Crippen molar-refractivity contribution < 1.29 is 14.6 Å². The third kappa shape index (κ3) is 3.30. The van der Waals surface area contributed by atoms with Crippen LogP contribution in [0.15, 0.2) is 24.5 Å². The fourth-order valence-electron chi connectivity index (χ4n) is 3.03. The van der Waals surface area contributed by atoms with E-state index >= 15 is 0 Å². The van der Waals surface area contributed by atoms with Gasteiger partial charge in [0, 0.05) is 30.6 Å². The molecule has 1 saturated heterocycles. The zero-order valence-electron chi connectivity index (χ0n) is 12.6. The number of aromatic nitrogens is 2. The molecule has 6 nitrogen and oxygen atoms in total. The number of nitrogens with one attached hydrogen (secondary N) is 1. The highest BCUT2D eigenvalue weighted by Gasteiger charge is 2.27. The SMILES string of the molecule is Cl.Cl.O[C@H]1CNCC[C@@H]1n1ccnc1-c1cc2c(cc1Cl)OCO2. The molecule has 0 unspecified atom stereocenters. The molecule has 0 saturated carbocycles. The van der Waals surface area contributed by atoms with Crippen molar-refractivity contribution in [1.29, 1.82) is 0 Å². The van der Waals surface area contributed by atoms with Gasteiger partial charge in [0.15, 0.2) is 11.5 Å². The van der Waals surface area contributed by atoms with Gasteiger partial charge < -0.3 is 24.5 Å². The average Bonchev–Trinajstić information content (AvgIpc) is 3.15. The molecular formula is C15H18Cl3N3O3. The van der Waals surface area contributed by atoms with Gasteiger partial charge in [-0.05, 0) is 19.0 Å². The number of hydrogen-bond donors (Lipinski definition) is 2. The fraction of sp³-hybridized carbons (Fsp3) is 0.400. The van der Waals surface area contributed by atoms with Gasteiger partial charge in [-0.1, -0.05) is 11.6 Å². The second kappa shape index (κ2) is 7.80. The molecule has 2 aliphatic heterocycles. The van der Waals surface area contributed by atoms with Crippen molar-refractivity contribution in [2.45, 2.75) is 18.6 Å². The molecule has 3 heterocycles. The van der Waals surface area contributed by atoms with Gasteiger partial charge in [0.05, 0.1) is 17.2 Å². The third-order valence-electron chi connectivity index (χ3n) is 4.14. The molecule has 1 aromatic carbocycles. The maximum absolute atomic E-state index is 10.2. The number of benzene rings is 1. The Morgan fingerprint density at radius 3 is 2.75 bits per heavy atom. The largest absolute Gasteiger partial charge is 0.454 e. The molecular weight excluding hydrogens is 377 g/mol. The van der Waals surface area contributed by atoms with Gasteiger partial charge in [-0.15, -0.1) is 24.8 Å². The Bertz CT molecular complexity index is 711. The molecule has 2 atom stereocenters. The number of hydrogen-bond acceptors (Lipinski definition) is 5. The molecule has 0 amide bonds. The number of piperidine rings is 1. The van der Waals surface area contributed by atoms with Gasteiger partial charge in [-0.25, -0.2) is 4.98 Å². The van der Waals surface area contributed by atoms with E-state index in [1.54, 1.807) is 12.3 Å². The summed E-state index contributed by atoms with van der Waals surface area (Å²) in [4.78, 5) is 4.43. The van der Waals surface area contributed by atoms with Crippen molar-refractivity contribution in [3.8, 4) is 22.9 Å². The molecule has 9 heteroatoms. The summed E-state index contributed by atoms with van der Waals surface area (Å²) >= 11 is 6.38. The van der Waals surface area contributed by atoms with E-state index in [2.05, 4.69) is 10.3 Å². The maximum atomic E-state index is 10.2. The molecule has 24 heavy (non-hydrogen) atoms. The normalized spacial score (nSPS) is 21.8. The number of halogens is 3. The summed E-state index contributed by atoms with van der Waals surface area (Å²) in [5.41, 5.74) is 0.779. The molecule has 1 aromatic heterocycles. The van der Waals surface area contributed by atoms with Crippen molar-refractivity contribution in [2.24, 2.45) is 0 Å². The Morgan fingerprint density at radius 2 is 2.00 bits per heavy atom. The summed E-state index contributed by atoms with van der Waals surface area (Å²) in [5.74, 6) is 2.04. The molecule has 2 aromatic rings. The maximum Gasteiger partial charge on any atom is 0.231 e. The number of aliphatic hydroxyl groups is 1. The van der Waals surface area contributed by atoms with E-state index in [4.69, 9.17) is 21.1 Å². The van der Waals surface area contributed by atoms with Crippen molar-refractivity contribution in [3.05, 3.63) is 29.5 Å². The second-order valence-electron chi connectivity index (χ2n) is 5.47. The van der Waals surface area contributed by atoms with Crippen LogP contribution in [0.25, 0.3) is 11.4 Å². The van der Waals surface area contributed by atoms with Crippen LogP contribution in [0.1, 0.15) is 12.5 Å². The summed E-state index contributed by atoms with van der Waals surface area (Å²) in [6.45, 7) is 1.65. The van der Waals surface area contributed by atoms with Crippen molar-refractivity contribution in [1.82, 2.24) is 14.9 Å². The summed E-state index contributed by atoms with van der Waals surface area (Å²) < 4.78 is 12.7. The van der Waals surface area contributed by atoms with Crippen LogP contribution in [0.5, 0.6) is 11.5 Å². The van der Waals surface area contributed by atoms with E-state index in [0.29, 0.717) is 23.1 Å². The minimum absolute atomic E-state index is 0. The lowest BCUT2D eigenvalue weighted by atomic mass is 10.0. The predicted octanol–water partition coefficient (Wildman–Crippen LogP) is 2.67. The van der Waals surface area contributed by atoms with Crippen LogP contribution in [0.2, 0.25) is 5.02 Å². The number of ether oxygens (including phenoxy) is 2. The van der Waals surface area contributed by atoms with E-state index in [-0.39, 0.29) is 37.6 Å². The van der Waals surface area contributed by atoms with E-state index in [1.807, 2.05) is 16.8 Å². The summed E-state index contributed by atoms with van der Waals surface area (Å²) in [7, 11) is 0. The molecule has 132 valence electrons. The molecule has 2 aliphatic rings. The van der Waals surface area contributed by atoms with Crippen LogP contribution in [0, 0.1) is 0 Å². The standard InChI is InChI=1S/C15H16ClN3O3.2ClH/c16-10-6-14-13(21-8-22-14)5-9(10)15-18-3-4-19(15)11-1-2-17-7-12(11)20;;/h3-6,11-12,17,20H,1-2,7-8H2;2*1H/t11-,12-;;/m0../s1. The Morgan fingerprint density at radius 1 is 1.25 bits per heavy atom. The first-order chi connectivity index (χ1) is 10.7. The molecule has 0 radical (unpaired) electrons. The second-order valence-corrected chi connectivity index (χ2v) is 5.88. The third-order valence-corrected chi connectivity index (χ3v) is 4.46. The minimum Gasteiger partial charge on any atom is -0.454 e. The lowest BCUT2D eigenvalue weighted by molar-refractivity contribution is 0.0880. The Labute approximate surface area is 156 Å². The summed E-state index contributed by atoms with van der Waals surface area (Å²) in [6.07, 6.45) is 4.00. The van der Waals surface area contributed by atoms with Crippen molar-refractivity contribution >= 4 is 36.4 Å². The van der Waals surface area contributed by atoms with Crippen LogP contribution >= 0.6 is 36.4 Å². The molecule has 1 fully saturated rings. The zero-order valence-corrected chi connectivity index (χ0v) is 15.0. The predicted molar refractivity (Wildman–Crippen MR) is 95.8 cm³/mol. The van der Waals surface area contributed by atoms with Gasteiger partial charge in [0.2, 0.25) is 6.79 Å². The molecule has 4 rings (SSSR count). The number of rotatable bonds is 2. The van der Waals surface area contributed by atoms with Crippen LogP contribution in [-0.2, 0) is 0 Å². The van der Waals surface area contributed by atoms with Crippen molar-refractivity contribution in [2.75, 3.05) is 19.9 Å². The zero-order chi connectivity index (χ0) is 15.1. The van der Waals surface area contributed by atoms with Gasteiger partial charge >= 0.3 is 0 Å². The van der Waals surface area contributed by atoms with Crippen LogP contribution in [0.3, 0.4) is 0 Å². The van der Waals surface area contributed by atoms with E-state index in [1.165, 1.54) is 0 Å². The Kier molecular flexibility index (Phi) is 6.22. The fourth-order valence-corrected chi connectivity index (χ4v) is 3.27. The number of imidazole rings is 1. The molecule has 2 N–H and O–H groups in total. The summed E-state index contributed by atoms with van der Waals surface area (Å²) in [5, 5.41) is 14.0. The highest BCUT2D eigenvalue weighted by Crippen LogP contribution is 2.41. The lowest BCUT2D eigenvalue weighted by Crippen LogP contribution is -2.41. The molecule has 0 bridgehead atoms. The number of β-amino-alcohol motifs (C(OH)–C–C–N with tert-alkyl or cyclic N) is 1. The van der Waals surface area contributed by atoms with Crippen LogP contribution in [-0.4, -0.2) is 40.6 Å². The minimum atomic E-state index is -0.450. The first-order valence-electron chi connectivity index (χ1n) is 7.25. The van der Waals surface area contributed by atoms with Crippen LogP contribution in [0.4, 0.5) is 0 Å². The van der Waals surface area contributed by atoms with Crippen molar-refractivity contribution in [3.63, 3.8) is 0 Å². The average molecular weight is 395 g/mol.